The summed E-state index contributed by atoms with van der Waals surface area (Å²) in [5.74, 6) is 0.296. The van der Waals surface area contributed by atoms with E-state index >= 15 is 0 Å². The standard InChI is InChI=1S/C15H15Br2NO/c1-2-10-8-12(16)6-7-14(10)18-9-11-4-3-5-13(17)15(11)19/h3-8,18-19H,2,9H2,1H3. The maximum Gasteiger partial charge on any atom is 0.134 e. The van der Waals surface area contributed by atoms with Crippen molar-refractivity contribution in [2.24, 2.45) is 0 Å². The fourth-order valence-corrected chi connectivity index (χ4v) is 2.74. The van der Waals surface area contributed by atoms with E-state index in [9.17, 15) is 5.11 Å². The molecule has 0 bridgehead atoms. The van der Waals surface area contributed by atoms with Gasteiger partial charge in [0.15, 0.2) is 0 Å². The van der Waals surface area contributed by atoms with E-state index < -0.39 is 0 Å². The normalized spacial score (nSPS) is 10.5. The zero-order valence-corrected chi connectivity index (χ0v) is 13.8. The number of rotatable bonds is 4. The van der Waals surface area contributed by atoms with Gasteiger partial charge in [0.25, 0.3) is 0 Å². The van der Waals surface area contributed by atoms with Gasteiger partial charge in [-0.1, -0.05) is 35.0 Å². The number of anilines is 1. The predicted octanol–water partition coefficient (Wildman–Crippen LogP) is 5.09. The molecule has 0 aliphatic rings. The van der Waals surface area contributed by atoms with Crippen LogP contribution in [0.2, 0.25) is 0 Å². The average molecular weight is 385 g/mol. The number of aromatic hydroxyl groups is 1. The molecule has 0 spiro atoms. The van der Waals surface area contributed by atoms with Crippen molar-refractivity contribution in [3.8, 4) is 5.75 Å². The van der Waals surface area contributed by atoms with Crippen molar-refractivity contribution in [2.45, 2.75) is 19.9 Å². The minimum Gasteiger partial charge on any atom is -0.506 e. The Balaban J connectivity index is 2.17. The first-order valence-corrected chi connectivity index (χ1v) is 7.69. The Labute approximate surface area is 130 Å². The quantitative estimate of drug-likeness (QED) is 0.769. The van der Waals surface area contributed by atoms with Crippen molar-refractivity contribution in [2.75, 3.05) is 5.32 Å². The smallest absolute Gasteiger partial charge is 0.134 e. The number of halogens is 2. The lowest BCUT2D eigenvalue weighted by molar-refractivity contribution is 0.465. The third-order valence-corrected chi connectivity index (χ3v) is 4.12. The minimum atomic E-state index is 0.296. The van der Waals surface area contributed by atoms with Crippen LogP contribution in [0.25, 0.3) is 0 Å². The molecule has 0 aliphatic carbocycles. The molecule has 0 aromatic heterocycles. The highest BCUT2D eigenvalue weighted by Gasteiger charge is 2.06. The van der Waals surface area contributed by atoms with Crippen molar-refractivity contribution in [1.29, 1.82) is 0 Å². The van der Waals surface area contributed by atoms with Gasteiger partial charge in [0, 0.05) is 22.3 Å². The molecule has 0 atom stereocenters. The van der Waals surface area contributed by atoms with Crippen LogP contribution in [-0.2, 0) is 13.0 Å². The van der Waals surface area contributed by atoms with Crippen LogP contribution in [0.4, 0.5) is 5.69 Å². The maximum absolute atomic E-state index is 9.95. The number of phenols is 1. The molecule has 2 N–H and O–H groups in total. The summed E-state index contributed by atoms with van der Waals surface area (Å²) in [4.78, 5) is 0. The van der Waals surface area contributed by atoms with Crippen LogP contribution in [0.15, 0.2) is 45.3 Å². The number of nitrogens with one attached hydrogen (secondary N) is 1. The first kappa shape index (κ1) is 14.4. The summed E-state index contributed by atoms with van der Waals surface area (Å²) in [6, 6.07) is 11.8. The zero-order valence-electron chi connectivity index (χ0n) is 10.6. The van der Waals surface area contributed by atoms with E-state index in [0.29, 0.717) is 12.3 Å². The molecule has 0 fully saturated rings. The van der Waals surface area contributed by atoms with Crippen molar-refractivity contribution in [3.05, 3.63) is 56.5 Å². The lowest BCUT2D eigenvalue weighted by Gasteiger charge is -2.13. The molecule has 0 aliphatic heterocycles. The fourth-order valence-electron chi connectivity index (χ4n) is 1.92. The molecule has 0 radical (unpaired) electrons. The summed E-state index contributed by atoms with van der Waals surface area (Å²) in [6.45, 7) is 2.73. The summed E-state index contributed by atoms with van der Waals surface area (Å²) >= 11 is 6.81. The first-order chi connectivity index (χ1) is 9.11. The maximum atomic E-state index is 9.95. The van der Waals surface area contributed by atoms with Crippen LogP contribution < -0.4 is 5.32 Å². The van der Waals surface area contributed by atoms with Crippen molar-refractivity contribution in [3.63, 3.8) is 0 Å². The van der Waals surface area contributed by atoms with Gasteiger partial charge in [-0.05, 0) is 52.2 Å². The molecule has 2 aromatic carbocycles. The third kappa shape index (κ3) is 3.51. The summed E-state index contributed by atoms with van der Waals surface area (Å²) in [6.07, 6.45) is 0.965. The minimum absolute atomic E-state index is 0.296. The molecule has 19 heavy (non-hydrogen) atoms. The van der Waals surface area contributed by atoms with E-state index in [-0.39, 0.29) is 0 Å². The van der Waals surface area contributed by atoms with Crippen LogP contribution in [0, 0.1) is 0 Å². The van der Waals surface area contributed by atoms with E-state index in [1.54, 1.807) is 0 Å². The third-order valence-electron chi connectivity index (χ3n) is 2.99. The van der Waals surface area contributed by atoms with Gasteiger partial charge in [-0.15, -0.1) is 0 Å². The van der Waals surface area contributed by atoms with Gasteiger partial charge in [-0.25, -0.2) is 0 Å². The number of para-hydroxylation sites is 1. The number of benzene rings is 2. The largest absolute Gasteiger partial charge is 0.506 e. The van der Waals surface area contributed by atoms with Crippen molar-refractivity contribution in [1.82, 2.24) is 0 Å². The fraction of sp³-hybridized carbons (Fsp3) is 0.200. The van der Waals surface area contributed by atoms with Crippen LogP contribution >= 0.6 is 31.9 Å². The molecule has 2 rings (SSSR count). The topological polar surface area (TPSA) is 32.3 Å². The zero-order chi connectivity index (χ0) is 13.8. The Bertz CT molecular complexity index is 584. The van der Waals surface area contributed by atoms with E-state index in [0.717, 1.165) is 26.6 Å². The summed E-state index contributed by atoms with van der Waals surface area (Å²) in [5.41, 5.74) is 3.23. The van der Waals surface area contributed by atoms with Gasteiger partial charge < -0.3 is 10.4 Å². The molecule has 0 saturated carbocycles. The van der Waals surface area contributed by atoms with E-state index in [1.807, 2.05) is 24.3 Å². The van der Waals surface area contributed by atoms with Gasteiger partial charge in [0.2, 0.25) is 0 Å². The van der Waals surface area contributed by atoms with Crippen LogP contribution in [0.1, 0.15) is 18.1 Å². The van der Waals surface area contributed by atoms with Gasteiger partial charge >= 0.3 is 0 Å². The van der Waals surface area contributed by atoms with Gasteiger partial charge in [0.05, 0.1) is 4.47 Å². The highest BCUT2D eigenvalue weighted by Crippen LogP contribution is 2.29. The average Bonchev–Trinajstić information content (AvgIpc) is 2.41. The van der Waals surface area contributed by atoms with E-state index in [1.165, 1.54) is 5.56 Å². The highest BCUT2D eigenvalue weighted by atomic mass is 79.9. The Hall–Kier alpha value is -1.00. The van der Waals surface area contributed by atoms with Crippen LogP contribution in [0.5, 0.6) is 5.75 Å². The molecular weight excluding hydrogens is 370 g/mol. The number of hydrogen-bond acceptors (Lipinski definition) is 2. The molecule has 0 heterocycles. The van der Waals surface area contributed by atoms with Crippen LogP contribution in [-0.4, -0.2) is 5.11 Å². The summed E-state index contributed by atoms with van der Waals surface area (Å²) < 4.78 is 1.80. The molecule has 0 unspecified atom stereocenters. The second kappa shape index (κ2) is 6.44. The molecule has 0 amide bonds. The van der Waals surface area contributed by atoms with E-state index in [2.05, 4.69) is 56.2 Å². The van der Waals surface area contributed by atoms with Crippen molar-refractivity contribution < 1.29 is 5.11 Å². The first-order valence-electron chi connectivity index (χ1n) is 6.10. The Morgan fingerprint density at radius 1 is 1.11 bits per heavy atom. The molecule has 4 heteroatoms. The monoisotopic (exact) mass is 383 g/mol. The van der Waals surface area contributed by atoms with Crippen LogP contribution in [0.3, 0.4) is 0 Å². The molecule has 100 valence electrons. The lowest BCUT2D eigenvalue weighted by atomic mass is 10.1. The predicted molar refractivity (Wildman–Crippen MR) is 86.7 cm³/mol. The Morgan fingerprint density at radius 2 is 1.89 bits per heavy atom. The van der Waals surface area contributed by atoms with Gasteiger partial charge in [-0.2, -0.15) is 0 Å². The number of aryl methyl sites for hydroxylation is 1. The molecule has 2 nitrogen and oxygen atoms in total. The SMILES string of the molecule is CCc1cc(Br)ccc1NCc1cccc(Br)c1O. The second-order valence-corrected chi connectivity index (χ2v) is 6.03. The lowest BCUT2D eigenvalue weighted by Crippen LogP contribution is -2.02. The van der Waals surface area contributed by atoms with Crippen molar-refractivity contribution >= 4 is 37.5 Å². The summed E-state index contributed by atoms with van der Waals surface area (Å²) in [5, 5.41) is 13.3. The van der Waals surface area contributed by atoms with Gasteiger partial charge in [-0.3, -0.25) is 0 Å². The number of phenolic OH excluding ortho intramolecular Hbond substituents is 1. The number of hydrogen-bond donors (Lipinski definition) is 2. The molecule has 2 aromatic rings. The second-order valence-electron chi connectivity index (χ2n) is 4.26. The van der Waals surface area contributed by atoms with E-state index in [4.69, 9.17) is 0 Å². The highest BCUT2D eigenvalue weighted by molar-refractivity contribution is 9.10. The van der Waals surface area contributed by atoms with Gasteiger partial charge in [0.1, 0.15) is 5.75 Å². The Morgan fingerprint density at radius 3 is 2.63 bits per heavy atom. The Kier molecular flexibility index (Phi) is 4.88. The summed E-state index contributed by atoms with van der Waals surface area (Å²) in [7, 11) is 0. The molecule has 0 saturated heterocycles. The molecular formula is C15H15Br2NO.